The quantitative estimate of drug-likeness (QED) is 0.573. The highest BCUT2D eigenvalue weighted by atomic mass is 35.5. The summed E-state index contributed by atoms with van der Waals surface area (Å²) in [7, 11) is 0. The van der Waals surface area contributed by atoms with Crippen molar-refractivity contribution < 1.29 is 4.74 Å². The molecule has 2 heterocycles. The zero-order valence-corrected chi connectivity index (χ0v) is 7.21. The van der Waals surface area contributed by atoms with Gasteiger partial charge in [0.2, 0.25) is 0 Å². The van der Waals surface area contributed by atoms with Gasteiger partial charge in [0, 0.05) is 18.0 Å². The van der Waals surface area contributed by atoms with Gasteiger partial charge in [-0.3, -0.25) is 4.98 Å². The second-order valence-electron chi connectivity index (χ2n) is 2.69. The summed E-state index contributed by atoms with van der Waals surface area (Å²) in [4.78, 5) is 3.99. The Labute approximate surface area is 75.8 Å². The van der Waals surface area contributed by atoms with Crippen LogP contribution >= 0.6 is 11.6 Å². The van der Waals surface area contributed by atoms with Crippen molar-refractivity contribution in [2.45, 2.75) is 12.2 Å². The fraction of sp³-hybridized carbons (Fsp3) is 0.222. The van der Waals surface area contributed by atoms with E-state index in [9.17, 15) is 0 Å². The lowest BCUT2D eigenvalue weighted by atomic mass is 10.0. The molecule has 1 aliphatic heterocycles. The molecule has 1 atom stereocenters. The van der Waals surface area contributed by atoms with E-state index in [1.807, 2.05) is 6.07 Å². The third kappa shape index (κ3) is 1.13. The number of aromatic nitrogens is 1. The number of hydrogen-bond donors (Lipinski definition) is 0. The van der Waals surface area contributed by atoms with Gasteiger partial charge in [0.1, 0.15) is 0 Å². The van der Waals surface area contributed by atoms with Crippen LogP contribution in [0, 0.1) is 0 Å². The zero-order valence-electron chi connectivity index (χ0n) is 6.46. The van der Waals surface area contributed by atoms with Gasteiger partial charge in [-0.15, -0.1) is 0 Å². The summed E-state index contributed by atoms with van der Waals surface area (Å²) in [5, 5.41) is 0. The molecule has 2 nitrogen and oxygen atoms in total. The van der Waals surface area contributed by atoms with Gasteiger partial charge in [-0.05, 0) is 17.2 Å². The van der Waals surface area contributed by atoms with E-state index >= 15 is 0 Å². The van der Waals surface area contributed by atoms with E-state index in [-0.39, 0.29) is 5.56 Å². The first kappa shape index (κ1) is 7.77. The van der Waals surface area contributed by atoms with Gasteiger partial charge < -0.3 is 4.74 Å². The van der Waals surface area contributed by atoms with E-state index in [0.717, 1.165) is 16.7 Å². The number of pyridine rings is 1. The van der Waals surface area contributed by atoms with Gasteiger partial charge in [0.15, 0.2) is 5.56 Å². The number of nitrogens with zero attached hydrogens (tertiary/aromatic N) is 1. The van der Waals surface area contributed by atoms with Crippen LogP contribution in [0.5, 0.6) is 0 Å². The van der Waals surface area contributed by atoms with Crippen molar-refractivity contribution in [2.75, 3.05) is 0 Å². The molecule has 0 bridgehead atoms. The molecule has 1 aliphatic rings. The minimum Gasteiger partial charge on any atom is -0.353 e. The Hall–Kier alpha value is -0.860. The summed E-state index contributed by atoms with van der Waals surface area (Å²) in [6.07, 6.45) is 3.52. The van der Waals surface area contributed by atoms with Crippen LogP contribution in [-0.4, -0.2) is 10.5 Å². The Bertz CT molecular complexity index is 324. The summed E-state index contributed by atoms with van der Waals surface area (Å²) in [5.41, 5.74) is 2.55. The Balaban J connectivity index is 2.49. The average molecular weight is 182 g/mol. The third-order valence-electron chi connectivity index (χ3n) is 1.91. The maximum absolute atomic E-state index is 5.85. The monoisotopic (exact) mass is 181 g/mol. The van der Waals surface area contributed by atoms with Crippen LogP contribution in [0.2, 0.25) is 0 Å². The molecule has 12 heavy (non-hydrogen) atoms. The lowest BCUT2D eigenvalue weighted by Gasteiger charge is -2.22. The van der Waals surface area contributed by atoms with Gasteiger partial charge >= 0.3 is 0 Å². The molecule has 0 fully saturated rings. The number of fused-ring (bicyclic) bond motifs is 1. The first-order chi connectivity index (χ1) is 5.79. The minimum atomic E-state index is -0.389. The fourth-order valence-electron chi connectivity index (χ4n) is 1.24. The molecule has 1 unspecified atom stereocenters. The van der Waals surface area contributed by atoms with Crippen molar-refractivity contribution in [2.24, 2.45) is 0 Å². The predicted octanol–water partition coefficient (Wildman–Crippen LogP) is 2.19. The highest BCUT2D eigenvalue weighted by Crippen LogP contribution is 2.30. The molecule has 0 spiro atoms. The summed E-state index contributed by atoms with van der Waals surface area (Å²) in [5.74, 6) is 0. The first-order valence-electron chi connectivity index (χ1n) is 3.67. The third-order valence-corrected chi connectivity index (χ3v) is 2.30. The Kier molecular flexibility index (Phi) is 1.87. The topological polar surface area (TPSA) is 22.1 Å². The van der Waals surface area contributed by atoms with Crippen LogP contribution in [0.3, 0.4) is 0 Å². The van der Waals surface area contributed by atoms with Crippen LogP contribution < -0.4 is 0 Å². The number of alkyl halides is 1. The summed E-state index contributed by atoms with van der Waals surface area (Å²) in [6.45, 7) is 4.38. The summed E-state index contributed by atoms with van der Waals surface area (Å²) >= 11 is 5.85. The molecule has 0 amide bonds. The molecule has 2 rings (SSSR count). The highest BCUT2D eigenvalue weighted by Gasteiger charge is 2.20. The Morgan fingerprint density at radius 1 is 1.67 bits per heavy atom. The largest absolute Gasteiger partial charge is 0.353 e. The molecule has 0 radical (unpaired) electrons. The molecule has 3 heteroatoms. The Morgan fingerprint density at radius 3 is 3.33 bits per heavy atom. The van der Waals surface area contributed by atoms with Crippen LogP contribution in [-0.2, 0) is 11.3 Å². The van der Waals surface area contributed by atoms with Gasteiger partial charge in [-0.2, -0.15) is 0 Å². The first-order valence-corrected chi connectivity index (χ1v) is 4.10. The molecular formula is C9H8ClNO. The maximum Gasteiger partial charge on any atom is 0.157 e. The van der Waals surface area contributed by atoms with Crippen molar-refractivity contribution >= 4 is 17.2 Å². The van der Waals surface area contributed by atoms with Gasteiger partial charge in [0.05, 0.1) is 6.61 Å². The van der Waals surface area contributed by atoms with E-state index in [1.165, 1.54) is 0 Å². The molecule has 1 aromatic heterocycles. The van der Waals surface area contributed by atoms with Crippen molar-refractivity contribution in [1.82, 2.24) is 4.98 Å². The van der Waals surface area contributed by atoms with Crippen molar-refractivity contribution in [1.29, 1.82) is 0 Å². The molecule has 0 saturated heterocycles. The van der Waals surface area contributed by atoms with Crippen molar-refractivity contribution in [3.8, 4) is 0 Å². The van der Waals surface area contributed by atoms with E-state index in [1.54, 1.807) is 12.4 Å². The van der Waals surface area contributed by atoms with E-state index < -0.39 is 0 Å². The number of rotatable bonds is 0. The number of hydrogen-bond acceptors (Lipinski definition) is 2. The Morgan fingerprint density at radius 2 is 2.50 bits per heavy atom. The van der Waals surface area contributed by atoms with Gasteiger partial charge in [-0.1, -0.05) is 18.2 Å². The van der Waals surface area contributed by atoms with Crippen LogP contribution in [0.15, 0.2) is 25.0 Å². The highest BCUT2D eigenvalue weighted by molar-refractivity contribution is 6.25. The SMILES string of the molecule is C=C1c2ccncc2COC1Cl. The molecule has 0 N–H and O–H groups in total. The van der Waals surface area contributed by atoms with E-state index in [0.29, 0.717) is 6.61 Å². The zero-order chi connectivity index (χ0) is 8.55. The molecule has 0 saturated carbocycles. The molecular weight excluding hydrogens is 174 g/mol. The smallest absolute Gasteiger partial charge is 0.157 e. The van der Waals surface area contributed by atoms with Crippen molar-refractivity contribution in [3.05, 3.63) is 36.2 Å². The summed E-state index contributed by atoms with van der Waals surface area (Å²) in [6, 6.07) is 1.91. The summed E-state index contributed by atoms with van der Waals surface area (Å²) < 4.78 is 5.24. The van der Waals surface area contributed by atoms with Gasteiger partial charge in [-0.25, -0.2) is 0 Å². The molecule has 0 aromatic carbocycles. The lowest BCUT2D eigenvalue weighted by molar-refractivity contribution is 0.120. The van der Waals surface area contributed by atoms with Crippen molar-refractivity contribution in [3.63, 3.8) is 0 Å². The van der Waals surface area contributed by atoms with Gasteiger partial charge in [0.25, 0.3) is 0 Å². The maximum atomic E-state index is 5.85. The number of ether oxygens (including phenoxy) is 1. The fourth-order valence-corrected chi connectivity index (χ4v) is 1.42. The average Bonchev–Trinajstić information content (AvgIpc) is 2.12. The standard InChI is InChI=1S/C9H8ClNO/c1-6-8-2-3-11-4-7(8)5-12-9(6)10/h2-4,9H,1,5H2. The molecule has 1 aromatic rings. The second kappa shape index (κ2) is 2.88. The second-order valence-corrected chi connectivity index (χ2v) is 3.08. The molecule has 62 valence electrons. The van der Waals surface area contributed by atoms with Crippen LogP contribution in [0.1, 0.15) is 11.1 Å². The molecule has 0 aliphatic carbocycles. The van der Waals surface area contributed by atoms with E-state index in [2.05, 4.69) is 11.6 Å². The predicted molar refractivity (Wildman–Crippen MR) is 47.7 cm³/mol. The minimum absolute atomic E-state index is 0.389. The van der Waals surface area contributed by atoms with E-state index in [4.69, 9.17) is 16.3 Å². The van der Waals surface area contributed by atoms with Crippen LogP contribution in [0.4, 0.5) is 0 Å². The van der Waals surface area contributed by atoms with Crippen LogP contribution in [0.25, 0.3) is 5.57 Å². The lowest BCUT2D eigenvalue weighted by Crippen LogP contribution is -2.15. The normalized spacial score (nSPS) is 22.1. The number of halogens is 1.